The molecule has 1 aromatic rings. The molecule has 0 radical (unpaired) electrons. The average Bonchev–Trinajstić information content (AvgIpc) is 2.47. The summed E-state index contributed by atoms with van der Waals surface area (Å²) in [5.41, 5.74) is 1.11. The fourth-order valence-corrected chi connectivity index (χ4v) is 3.12. The minimum absolute atomic E-state index is 0.0404. The maximum absolute atomic E-state index is 12.4. The van der Waals surface area contributed by atoms with Crippen molar-refractivity contribution in [3.63, 3.8) is 0 Å². The highest BCUT2D eigenvalue weighted by atomic mass is 35.5. The lowest BCUT2D eigenvalue weighted by Gasteiger charge is -2.32. The Bertz CT molecular complexity index is 547. The Balaban J connectivity index is 1.86. The maximum atomic E-state index is 12.4. The number of likely N-dealkylation sites (tertiary alicyclic amines) is 1. The molecule has 1 aliphatic rings. The number of halogens is 1. The van der Waals surface area contributed by atoms with Crippen molar-refractivity contribution in [2.45, 2.75) is 39.2 Å². The van der Waals surface area contributed by atoms with Crippen LogP contribution < -0.4 is 5.32 Å². The van der Waals surface area contributed by atoms with Gasteiger partial charge in [0.05, 0.1) is 5.92 Å². The summed E-state index contributed by atoms with van der Waals surface area (Å²) >= 11 is 5.98. The van der Waals surface area contributed by atoms with Crippen LogP contribution in [-0.2, 0) is 16.0 Å². The molecule has 1 aliphatic heterocycles. The lowest BCUT2D eigenvalue weighted by molar-refractivity contribution is -0.134. The molecule has 120 valence electrons. The third-order valence-electron chi connectivity index (χ3n) is 4.06. The molecular formula is C17H23ClN2O2. The normalized spacial score (nSPS) is 19.6. The van der Waals surface area contributed by atoms with Gasteiger partial charge in [-0.25, -0.2) is 0 Å². The van der Waals surface area contributed by atoms with Crippen LogP contribution in [0.5, 0.6) is 0 Å². The van der Waals surface area contributed by atoms with Crippen molar-refractivity contribution in [1.29, 1.82) is 0 Å². The second kappa shape index (κ2) is 7.63. The van der Waals surface area contributed by atoms with E-state index in [-0.39, 0.29) is 23.8 Å². The van der Waals surface area contributed by atoms with Gasteiger partial charge in [0.2, 0.25) is 11.8 Å². The van der Waals surface area contributed by atoms with Gasteiger partial charge in [0.1, 0.15) is 0 Å². The summed E-state index contributed by atoms with van der Waals surface area (Å²) in [6, 6.07) is 7.72. The predicted molar refractivity (Wildman–Crippen MR) is 87.7 cm³/mol. The van der Waals surface area contributed by atoms with Gasteiger partial charge in [0.15, 0.2) is 0 Å². The van der Waals surface area contributed by atoms with Crippen molar-refractivity contribution in [2.24, 2.45) is 5.92 Å². The van der Waals surface area contributed by atoms with Crippen LogP contribution in [0.3, 0.4) is 0 Å². The lowest BCUT2D eigenvalue weighted by atomic mass is 9.96. The number of nitrogens with zero attached hydrogens (tertiary/aromatic N) is 1. The molecule has 1 aromatic carbocycles. The van der Waals surface area contributed by atoms with Crippen LogP contribution in [0.1, 0.15) is 32.3 Å². The van der Waals surface area contributed by atoms with Gasteiger partial charge in [-0.3, -0.25) is 9.59 Å². The molecule has 4 nitrogen and oxygen atoms in total. The molecule has 2 atom stereocenters. The Labute approximate surface area is 136 Å². The number of nitrogens with one attached hydrogen (secondary N) is 1. The second-order valence-corrected chi connectivity index (χ2v) is 6.48. The van der Waals surface area contributed by atoms with Crippen molar-refractivity contribution >= 4 is 23.4 Å². The summed E-state index contributed by atoms with van der Waals surface area (Å²) < 4.78 is 0. The number of carbonyl (C=O) groups is 2. The Morgan fingerprint density at radius 2 is 2.23 bits per heavy atom. The van der Waals surface area contributed by atoms with Crippen LogP contribution in [0, 0.1) is 5.92 Å². The van der Waals surface area contributed by atoms with Crippen LogP contribution in [0.2, 0.25) is 5.02 Å². The van der Waals surface area contributed by atoms with Gasteiger partial charge in [-0.1, -0.05) is 23.7 Å². The summed E-state index contributed by atoms with van der Waals surface area (Å²) in [5.74, 6) is -0.00980. The molecule has 0 aliphatic carbocycles. The van der Waals surface area contributed by atoms with E-state index >= 15 is 0 Å². The highest BCUT2D eigenvalue weighted by Gasteiger charge is 2.27. The molecule has 1 saturated heterocycles. The zero-order valence-corrected chi connectivity index (χ0v) is 13.9. The molecule has 0 unspecified atom stereocenters. The molecule has 2 rings (SSSR count). The predicted octanol–water partition coefficient (Wildman–Crippen LogP) is 2.65. The number of amides is 2. The van der Waals surface area contributed by atoms with E-state index in [1.165, 1.54) is 0 Å². The molecule has 1 fully saturated rings. The molecule has 0 spiro atoms. The highest BCUT2D eigenvalue weighted by molar-refractivity contribution is 6.30. The highest BCUT2D eigenvalue weighted by Crippen LogP contribution is 2.17. The first-order valence-electron chi connectivity index (χ1n) is 7.76. The van der Waals surface area contributed by atoms with Gasteiger partial charge < -0.3 is 10.2 Å². The van der Waals surface area contributed by atoms with Crippen molar-refractivity contribution < 1.29 is 9.59 Å². The van der Waals surface area contributed by atoms with Gasteiger partial charge in [-0.15, -0.1) is 0 Å². The number of piperidine rings is 1. The Hall–Kier alpha value is -1.55. The van der Waals surface area contributed by atoms with Gasteiger partial charge in [-0.05, 0) is 43.9 Å². The number of carbonyl (C=O) groups excluding carboxylic acids is 2. The Morgan fingerprint density at radius 1 is 1.45 bits per heavy atom. The van der Waals surface area contributed by atoms with E-state index in [1.54, 1.807) is 11.8 Å². The van der Waals surface area contributed by atoms with Gasteiger partial charge in [0, 0.05) is 31.1 Å². The second-order valence-electron chi connectivity index (χ2n) is 6.05. The van der Waals surface area contributed by atoms with Crippen LogP contribution in [-0.4, -0.2) is 35.8 Å². The molecule has 1 N–H and O–H groups in total. The third-order valence-corrected chi connectivity index (χ3v) is 4.29. The first-order valence-corrected chi connectivity index (χ1v) is 8.14. The summed E-state index contributed by atoms with van der Waals surface area (Å²) in [5, 5.41) is 3.77. The minimum atomic E-state index is -0.0977. The van der Waals surface area contributed by atoms with Crippen molar-refractivity contribution in [3.8, 4) is 0 Å². The number of benzene rings is 1. The molecular weight excluding hydrogens is 300 g/mol. The fourth-order valence-electron chi connectivity index (χ4n) is 2.91. The standard InChI is InChI=1S/C17H23ClN2O2/c1-12(9-14-5-3-7-16(18)10-14)19-17(22)15-6-4-8-20(11-15)13(2)21/h3,5,7,10,12,15H,4,6,8-9,11H2,1-2H3,(H,19,22)/t12-,15-/m1/s1. The van der Waals surface area contributed by atoms with E-state index in [0.29, 0.717) is 11.6 Å². The Kier molecular flexibility index (Phi) is 5.83. The van der Waals surface area contributed by atoms with Crippen LogP contribution >= 0.6 is 11.6 Å². The number of hydrogen-bond acceptors (Lipinski definition) is 2. The summed E-state index contributed by atoms with van der Waals surface area (Å²) in [6.45, 7) is 4.84. The van der Waals surface area contributed by atoms with Crippen molar-refractivity contribution in [2.75, 3.05) is 13.1 Å². The molecule has 0 saturated carbocycles. The molecule has 0 aromatic heterocycles. The summed E-state index contributed by atoms with van der Waals surface area (Å²) in [7, 11) is 0. The van der Waals surface area contributed by atoms with Gasteiger partial charge in [-0.2, -0.15) is 0 Å². The molecule has 5 heteroatoms. The monoisotopic (exact) mass is 322 g/mol. The molecule has 2 amide bonds. The Morgan fingerprint density at radius 3 is 2.91 bits per heavy atom. The van der Waals surface area contributed by atoms with Crippen molar-refractivity contribution in [1.82, 2.24) is 10.2 Å². The third kappa shape index (κ3) is 4.73. The molecule has 22 heavy (non-hydrogen) atoms. The molecule has 0 bridgehead atoms. The van der Waals surface area contributed by atoms with Crippen LogP contribution in [0.25, 0.3) is 0 Å². The molecule has 1 heterocycles. The maximum Gasteiger partial charge on any atom is 0.225 e. The number of hydrogen-bond donors (Lipinski definition) is 1. The van der Waals surface area contributed by atoms with E-state index < -0.39 is 0 Å². The fraction of sp³-hybridized carbons (Fsp3) is 0.529. The van der Waals surface area contributed by atoms with Crippen molar-refractivity contribution in [3.05, 3.63) is 34.9 Å². The largest absolute Gasteiger partial charge is 0.353 e. The van der Waals surface area contributed by atoms with E-state index in [1.807, 2.05) is 31.2 Å². The number of rotatable bonds is 4. The van der Waals surface area contributed by atoms with Crippen LogP contribution in [0.4, 0.5) is 0 Å². The van der Waals surface area contributed by atoms with Gasteiger partial charge in [0.25, 0.3) is 0 Å². The van der Waals surface area contributed by atoms with E-state index in [9.17, 15) is 9.59 Å². The lowest BCUT2D eigenvalue weighted by Crippen LogP contribution is -2.46. The summed E-state index contributed by atoms with van der Waals surface area (Å²) in [6.07, 6.45) is 2.48. The zero-order valence-electron chi connectivity index (χ0n) is 13.1. The van der Waals surface area contributed by atoms with E-state index in [4.69, 9.17) is 11.6 Å². The first kappa shape index (κ1) is 16.8. The van der Waals surface area contributed by atoms with E-state index in [0.717, 1.165) is 31.4 Å². The summed E-state index contributed by atoms with van der Waals surface area (Å²) in [4.78, 5) is 25.6. The van der Waals surface area contributed by atoms with Crippen LogP contribution in [0.15, 0.2) is 24.3 Å². The minimum Gasteiger partial charge on any atom is -0.353 e. The smallest absolute Gasteiger partial charge is 0.225 e. The van der Waals surface area contributed by atoms with E-state index in [2.05, 4.69) is 5.32 Å². The first-order chi connectivity index (χ1) is 10.5. The SMILES string of the molecule is CC(=O)N1CCC[C@@H](C(=O)N[C@H](C)Cc2cccc(Cl)c2)C1. The topological polar surface area (TPSA) is 49.4 Å². The zero-order chi connectivity index (χ0) is 16.1. The average molecular weight is 323 g/mol. The quantitative estimate of drug-likeness (QED) is 0.926. The van der Waals surface area contributed by atoms with Gasteiger partial charge >= 0.3 is 0 Å².